The first-order valence-corrected chi connectivity index (χ1v) is 8.78. The summed E-state index contributed by atoms with van der Waals surface area (Å²) in [6, 6.07) is 15.2. The number of rotatable bonds is 5. The van der Waals surface area contributed by atoms with Gasteiger partial charge in [0.25, 0.3) is 0 Å². The number of thiophene rings is 1. The fraction of sp³-hybridized carbons (Fsp3) is 0.111. The van der Waals surface area contributed by atoms with Crippen molar-refractivity contribution in [2.75, 3.05) is 19.0 Å². The number of carbonyl (C=O) groups is 1. The Kier molecular flexibility index (Phi) is 4.42. The number of nitrogens with one attached hydrogen (secondary N) is 1. The molecule has 0 spiro atoms. The second-order valence-corrected chi connectivity index (χ2v) is 6.50. The van der Waals surface area contributed by atoms with Gasteiger partial charge >= 0.3 is 0 Å². The Morgan fingerprint density at radius 2 is 2.12 bits per heavy atom. The van der Waals surface area contributed by atoms with E-state index in [1.165, 1.54) is 7.11 Å². The molecule has 0 aliphatic rings. The zero-order valence-corrected chi connectivity index (χ0v) is 14.7. The van der Waals surface area contributed by atoms with Gasteiger partial charge in [-0.3, -0.25) is 4.79 Å². The maximum Gasteiger partial charge on any atom is 0.250 e. The summed E-state index contributed by atoms with van der Waals surface area (Å²) in [5.41, 5.74) is 3.02. The largest absolute Gasteiger partial charge is 0.375 e. The van der Waals surface area contributed by atoms with Gasteiger partial charge in [0.1, 0.15) is 6.61 Å². The van der Waals surface area contributed by atoms with E-state index in [1.54, 1.807) is 15.9 Å². The van der Waals surface area contributed by atoms with Gasteiger partial charge in [-0.2, -0.15) is 9.61 Å². The molecule has 3 heterocycles. The summed E-state index contributed by atoms with van der Waals surface area (Å²) in [4.78, 5) is 12.7. The van der Waals surface area contributed by atoms with Crippen LogP contribution in [-0.4, -0.2) is 39.4 Å². The van der Waals surface area contributed by atoms with Crippen LogP contribution in [0.2, 0.25) is 0 Å². The number of benzene rings is 1. The number of ether oxygens (including phenoxy) is 1. The van der Waals surface area contributed by atoms with Crippen LogP contribution in [-0.2, 0) is 9.53 Å². The molecule has 1 amide bonds. The minimum Gasteiger partial charge on any atom is -0.375 e. The van der Waals surface area contributed by atoms with Gasteiger partial charge in [0.2, 0.25) is 5.91 Å². The predicted octanol–water partition coefficient (Wildman–Crippen LogP) is 3.10. The topological polar surface area (TPSA) is 81.4 Å². The van der Waals surface area contributed by atoms with E-state index in [0.717, 1.165) is 16.1 Å². The average molecular weight is 365 g/mol. The minimum absolute atomic E-state index is 0.0132. The Morgan fingerprint density at radius 1 is 1.19 bits per heavy atom. The number of fused-ring (bicyclic) bond motifs is 1. The third-order valence-electron chi connectivity index (χ3n) is 3.72. The number of carbonyl (C=O) groups excluding carboxylic acids is 1. The molecule has 0 saturated carbocycles. The van der Waals surface area contributed by atoms with Crippen molar-refractivity contribution >= 4 is 28.6 Å². The molecule has 3 aromatic heterocycles. The summed E-state index contributed by atoms with van der Waals surface area (Å²) in [5, 5.41) is 17.9. The van der Waals surface area contributed by atoms with Gasteiger partial charge in [-0.25, -0.2) is 0 Å². The molecular weight excluding hydrogens is 350 g/mol. The van der Waals surface area contributed by atoms with Crippen LogP contribution >= 0.6 is 11.3 Å². The van der Waals surface area contributed by atoms with E-state index in [1.807, 2.05) is 53.9 Å². The molecule has 8 heteroatoms. The van der Waals surface area contributed by atoms with Gasteiger partial charge < -0.3 is 10.1 Å². The molecule has 1 N–H and O–H groups in total. The normalized spacial score (nSPS) is 11.0. The van der Waals surface area contributed by atoms with Crippen LogP contribution < -0.4 is 5.32 Å². The summed E-state index contributed by atoms with van der Waals surface area (Å²) in [6.07, 6.45) is 0. The SMILES string of the molecule is COCC(=O)Nc1cccc(-c2ccc3nnc(-c4cccs4)n3n2)c1. The average Bonchev–Trinajstić information content (AvgIpc) is 3.31. The van der Waals surface area contributed by atoms with Gasteiger partial charge in [0.15, 0.2) is 11.5 Å². The smallest absolute Gasteiger partial charge is 0.250 e. The highest BCUT2D eigenvalue weighted by molar-refractivity contribution is 7.13. The molecule has 4 aromatic rings. The van der Waals surface area contributed by atoms with Crippen molar-refractivity contribution < 1.29 is 9.53 Å². The Morgan fingerprint density at radius 3 is 2.92 bits per heavy atom. The van der Waals surface area contributed by atoms with E-state index in [4.69, 9.17) is 4.74 Å². The molecular formula is C18H15N5O2S. The molecule has 0 aliphatic carbocycles. The van der Waals surface area contributed by atoms with Gasteiger partial charge in [-0.1, -0.05) is 18.2 Å². The van der Waals surface area contributed by atoms with Crippen LogP contribution in [0, 0.1) is 0 Å². The summed E-state index contributed by atoms with van der Waals surface area (Å²) in [5.74, 6) is 0.508. The zero-order valence-electron chi connectivity index (χ0n) is 13.9. The van der Waals surface area contributed by atoms with Crippen LogP contribution in [0.25, 0.3) is 27.6 Å². The monoisotopic (exact) mass is 365 g/mol. The van der Waals surface area contributed by atoms with E-state index in [2.05, 4.69) is 20.6 Å². The molecule has 0 fully saturated rings. The van der Waals surface area contributed by atoms with Gasteiger partial charge in [0, 0.05) is 18.4 Å². The quantitative estimate of drug-likeness (QED) is 0.588. The van der Waals surface area contributed by atoms with Crippen LogP contribution in [0.15, 0.2) is 53.9 Å². The van der Waals surface area contributed by atoms with Crippen LogP contribution in [0.1, 0.15) is 0 Å². The lowest BCUT2D eigenvalue weighted by molar-refractivity contribution is -0.119. The van der Waals surface area contributed by atoms with E-state index < -0.39 is 0 Å². The van der Waals surface area contributed by atoms with Crippen molar-refractivity contribution in [1.29, 1.82) is 0 Å². The van der Waals surface area contributed by atoms with Crippen molar-refractivity contribution in [3.8, 4) is 22.0 Å². The van der Waals surface area contributed by atoms with Gasteiger partial charge in [-0.05, 0) is 35.7 Å². The molecule has 0 bridgehead atoms. The lowest BCUT2D eigenvalue weighted by atomic mass is 10.1. The second-order valence-electron chi connectivity index (χ2n) is 5.55. The maximum absolute atomic E-state index is 11.7. The maximum atomic E-state index is 11.7. The molecule has 0 radical (unpaired) electrons. The van der Waals surface area contributed by atoms with Crippen molar-refractivity contribution in [2.45, 2.75) is 0 Å². The number of hydrogen-bond donors (Lipinski definition) is 1. The molecule has 0 aliphatic heterocycles. The van der Waals surface area contributed by atoms with Crippen molar-refractivity contribution in [3.05, 3.63) is 53.9 Å². The predicted molar refractivity (Wildman–Crippen MR) is 100 cm³/mol. The number of hydrogen-bond acceptors (Lipinski definition) is 6. The summed E-state index contributed by atoms with van der Waals surface area (Å²) >= 11 is 1.59. The van der Waals surface area contributed by atoms with Gasteiger partial charge in [-0.15, -0.1) is 21.5 Å². The summed E-state index contributed by atoms with van der Waals surface area (Å²) < 4.78 is 6.57. The van der Waals surface area contributed by atoms with Crippen molar-refractivity contribution in [1.82, 2.24) is 19.8 Å². The standard InChI is InChI=1S/C18H15N5O2S/c1-25-11-17(24)19-13-5-2-4-12(10-13)14-7-8-16-20-21-18(23(16)22-14)15-6-3-9-26-15/h2-10H,11H2,1H3,(H,19,24). The molecule has 130 valence electrons. The molecule has 4 rings (SSSR count). The lowest BCUT2D eigenvalue weighted by Gasteiger charge is -2.07. The zero-order chi connectivity index (χ0) is 17.9. The van der Waals surface area contributed by atoms with Crippen LogP contribution in [0.3, 0.4) is 0 Å². The van der Waals surface area contributed by atoms with Crippen molar-refractivity contribution in [3.63, 3.8) is 0 Å². The first-order chi connectivity index (χ1) is 12.7. The Balaban J connectivity index is 1.71. The molecule has 0 unspecified atom stereocenters. The molecule has 7 nitrogen and oxygen atoms in total. The van der Waals surface area contributed by atoms with Gasteiger partial charge in [0.05, 0.1) is 10.6 Å². The fourth-order valence-corrected chi connectivity index (χ4v) is 3.28. The van der Waals surface area contributed by atoms with Crippen molar-refractivity contribution in [2.24, 2.45) is 0 Å². The third kappa shape index (κ3) is 3.19. The highest BCUT2D eigenvalue weighted by atomic mass is 32.1. The summed E-state index contributed by atoms with van der Waals surface area (Å²) in [6.45, 7) is 0.0132. The third-order valence-corrected chi connectivity index (χ3v) is 4.59. The fourth-order valence-electron chi connectivity index (χ4n) is 2.59. The Labute approximate surface area is 153 Å². The number of methoxy groups -OCH3 is 1. The second kappa shape index (κ2) is 7.03. The number of anilines is 1. The Hall–Kier alpha value is -3.10. The lowest BCUT2D eigenvalue weighted by Crippen LogP contribution is -2.17. The first kappa shape index (κ1) is 16.4. The Bertz CT molecular complexity index is 1060. The van der Waals surface area contributed by atoms with E-state index >= 15 is 0 Å². The summed E-state index contributed by atoms with van der Waals surface area (Å²) in [7, 11) is 1.49. The minimum atomic E-state index is -0.202. The van der Waals surface area contributed by atoms with Crippen LogP contribution in [0.4, 0.5) is 5.69 Å². The first-order valence-electron chi connectivity index (χ1n) is 7.90. The highest BCUT2D eigenvalue weighted by Gasteiger charge is 2.12. The van der Waals surface area contributed by atoms with Crippen LogP contribution in [0.5, 0.6) is 0 Å². The van der Waals surface area contributed by atoms with E-state index in [9.17, 15) is 4.79 Å². The molecule has 0 atom stereocenters. The molecule has 1 aromatic carbocycles. The molecule has 0 saturated heterocycles. The number of aromatic nitrogens is 4. The van der Waals surface area contributed by atoms with E-state index in [-0.39, 0.29) is 12.5 Å². The number of amides is 1. The number of nitrogens with zero attached hydrogens (tertiary/aromatic N) is 4. The van der Waals surface area contributed by atoms with E-state index in [0.29, 0.717) is 17.2 Å². The highest BCUT2D eigenvalue weighted by Crippen LogP contribution is 2.25. The molecule has 26 heavy (non-hydrogen) atoms.